The van der Waals surface area contributed by atoms with Crippen LogP contribution >= 0.6 is 0 Å². The highest BCUT2D eigenvalue weighted by atomic mass is 16.5. The summed E-state index contributed by atoms with van der Waals surface area (Å²) in [6, 6.07) is 66.4. The van der Waals surface area contributed by atoms with Crippen LogP contribution in [0.2, 0.25) is 0 Å². The van der Waals surface area contributed by atoms with Crippen LogP contribution in [0.3, 0.4) is 0 Å². The zero-order chi connectivity index (χ0) is 40.9. The van der Waals surface area contributed by atoms with Crippen molar-refractivity contribution >= 4 is 17.3 Å². The first kappa shape index (κ1) is 38.3. The van der Waals surface area contributed by atoms with Gasteiger partial charge < -0.3 is 19.7 Å². The number of hydrogen-bond donors (Lipinski definition) is 2. The molecule has 0 atom stereocenters. The van der Waals surface area contributed by atoms with Crippen LogP contribution < -0.4 is 14.4 Å². The van der Waals surface area contributed by atoms with E-state index in [1.165, 1.54) is 0 Å². The molecular formula is C54H43NO5. The standard InChI is InChI=1S/C54H43NO5/c56-30-32-59-51-45(38-18-6-1-7-19-38)34-42(35-46(51)39-20-8-2-9-21-39)54(49-28-16-17-29-50(49)55(53(54)58)44-26-14-5-15-27-44)43-36-47(40-22-10-3-11-23-40)52(60-33-31-57)48(37-43)41-24-12-4-13-25-41/h1-29,34-37,56-57H,30-33H2. The molecule has 1 aliphatic heterocycles. The maximum atomic E-state index is 16.4. The summed E-state index contributed by atoms with van der Waals surface area (Å²) in [7, 11) is 0. The number of benzene rings is 8. The van der Waals surface area contributed by atoms with E-state index in [4.69, 9.17) is 9.47 Å². The second kappa shape index (κ2) is 16.9. The van der Waals surface area contributed by atoms with E-state index in [0.29, 0.717) is 11.5 Å². The molecule has 9 rings (SSSR count). The molecule has 2 N–H and O–H groups in total. The fourth-order valence-corrected chi connectivity index (χ4v) is 8.56. The summed E-state index contributed by atoms with van der Waals surface area (Å²) in [6.07, 6.45) is 0. The molecule has 0 bridgehead atoms. The highest BCUT2D eigenvalue weighted by Gasteiger charge is 2.54. The number of carbonyl (C=O) groups excluding carboxylic acids is 1. The SMILES string of the molecule is O=C1N(c2ccccc2)c2ccccc2C1(c1cc(-c2ccccc2)c(OCCO)c(-c2ccccc2)c1)c1cc(-c2ccccc2)c(OCCO)c(-c2ccccc2)c1. The minimum atomic E-state index is -1.42. The predicted molar refractivity (Wildman–Crippen MR) is 240 cm³/mol. The Bertz CT molecular complexity index is 2480. The third kappa shape index (κ3) is 6.82. The van der Waals surface area contributed by atoms with E-state index < -0.39 is 5.41 Å². The summed E-state index contributed by atoms with van der Waals surface area (Å²) in [4.78, 5) is 18.2. The van der Waals surface area contributed by atoms with Crippen LogP contribution in [0.4, 0.5) is 11.4 Å². The van der Waals surface area contributed by atoms with Gasteiger partial charge in [0, 0.05) is 33.5 Å². The van der Waals surface area contributed by atoms with Crippen molar-refractivity contribution in [2.24, 2.45) is 0 Å². The van der Waals surface area contributed by atoms with E-state index >= 15 is 4.79 Å². The van der Waals surface area contributed by atoms with Gasteiger partial charge in [-0.05, 0) is 75.8 Å². The Labute approximate surface area is 350 Å². The summed E-state index contributed by atoms with van der Waals surface area (Å²) >= 11 is 0. The van der Waals surface area contributed by atoms with Crippen LogP contribution in [0.15, 0.2) is 200 Å². The van der Waals surface area contributed by atoms with E-state index in [1.807, 2.05) is 175 Å². The maximum absolute atomic E-state index is 16.4. The lowest BCUT2D eigenvalue weighted by atomic mass is 9.68. The van der Waals surface area contributed by atoms with Gasteiger partial charge in [-0.25, -0.2) is 0 Å². The monoisotopic (exact) mass is 785 g/mol. The summed E-state index contributed by atoms with van der Waals surface area (Å²) in [5, 5.41) is 20.1. The zero-order valence-electron chi connectivity index (χ0n) is 32.9. The lowest BCUT2D eigenvalue weighted by Crippen LogP contribution is -2.40. The summed E-state index contributed by atoms with van der Waals surface area (Å²) in [5.41, 5.74) is 9.19. The van der Waals surface area contributed by atoms with Crippen LogP contribution in [-0.4, -0.2) is 42.5 Å². The molecule has 294 valence electrons. The molecule has 0 aliphatic carbocycles. The molecule has 6 heteroatoms. The third-order valence-corrected chi connectivity index (χ3v) is 11.1. The molecule has 8 aromatic carbocycles. The molecule has 8 aromatic rings. The van der Waals surface area contributed by atoms with Gasteiger partial charge in [0.1, 0.15) is 30.1 Å². The molecule has 1 heterocycles. The summed E-state index contributed by atoms with van der Waals surface area (Å²) in [5.74, 6) is 1.09. The van der Waals surface area contributed by atoms with E-state index in [9.17, 15) is 10.2 Å². The number of aliphatic hydroxyl groups is 2. The van der Waals surface area contributed by atoms with Gasteiger partial charge >= 0.3 is 0 Å². The molecule has 0 radical (unpaired) electrons. The Balaban J connectivity index is 1.46. The molecule has 60 heavy (non-hydrogen) atoms. The van der Waals surface area contributed by atoms with Gasteiger partial charge in [-0.15, -0.1) is 0 Å². The molecule has 1 amide bonds. The lowest BCUT2D eigenvalue weighted by Gasteiger charge is -2.33. The molecule has 0 fully saturated rings. The number of hydrogen-bond acceptors (Lipinski definition) is 5. The van der Waals surface area contributed by atoms with Crippen LogP contribution in [0.5, 0.6) is 11.5 Å². The van der Waals surface area contributed by atoms with Crippen molar-refractivity contribution in [1.29, 1.82) is 0 Å². The van der Waals surface area contributed by atoms with Crippen molar-refractivity contribution < 1.29 is 24.5 Å². The predicted octanol–water partition coefficient (Wildman–Crippen LogP) is 11.1. The van der Waals surface area contributed by atoms with Crippen molar-refractivity contribution in [1.82, 2.24) is 0 Å². The second-order valence-corrected chi connectivity index (χ2v) is 14.7. The summed E-state index contributed by atoms with van der Waals surface area (Å²) in [6.45, 7) is -0.156. The average molecular weight is 786 g/mol. The van der Waals surface area contributed by atoms with Gasteiger partial charge in [0.05, 0.1) is 18.9 Å². The molecule has 0 aromatic heterocycles. The van der Waals surface area contributed by atoms with Crippen molar-refractivity contribution in [3.63, 3.8) is 0 Å². The topological polar surface area (TPSA) is 79.2 Å². The Kier molecular flexibility index (Phi) is 10.8. The maximum Gasteiger partial charge on any atom is 0.251 e. The van der Waals surface area contributed by atoms with Crippen LogP contribution in [0.25, 0.3) is 44.5 Å². The van der Waals surface area contributed by atoms with Crippen LogP contribution in [0, 0.1) is 0 Å². The number of carbonyl (C=O) groups is 1. The normalized spacial score (nSPS) is 12.9. The highest BCUT2D eigenvalue weighted by Crippen LogP contribution is 2.57. The minimum absolute atomic E-state index is 0.0872. The van der Waals surface area contributed by atoms with Gasteiger partial charge in [-0.1, -0.05) is 158 Å². The highest BCUT2D eigenvalue weighted by molar-refractivity contribution is 6.17. The number of ether oxygens (including phenoxy) is 2. The smallest absolute Gasteiger partial charge is 0.251 e. The van der Waals surface area contributed by atoms with Crippen LogP contribution in [0.1, 0.15) is 16.7 Å². The molecule has 1 aliphatic rings. The molecule has 0 spiro atoms. The number of anilines is 2. The average Bonchev–Trinajstić information content (AvgIpc) is 3.59. The Morgan fingerprint density at radius 1 is 0.433 bits per heavy atom. The molecule has 0 unspecified atom stereocenters. The van der Waals surface area contributed by atoms with Crippen molar-refractivity contribution in [3.8, 4) is 56.0 Å². The molecular weight excluding hydrogens is 743 g/mol. The number of fused-ring (bicyclic) bond motifs is 1. The number of amides is 1. The number of para-hydroxylation sites is 2. The van der Waals surface area contributed by atoms with Crippen molar-refractivity contribution in [3.05, 3.63) is 217 Å². The van der Waals surface area contributed by atoms with E-state index in [2.05, 4.69) is 30.3 Å². The second-order valence-electron chi connectivity index (χ2n) is 14.7. The van der Waals surface area contributed by atoms with E-state index in [1.54, 1.807) is 0 Å². The quantitative estimate of drug-likeness (QED) is 0.122. The fourth-order valence-electron chi connectivity index (χ4n) is 8.56. The first-order chi connectivity index (χ1) is 29.6. The minimum Gasteiger partial charge on any atom is -0.490 e. The van der Waals surface area contributed by atoms with Crippen LogP contribution in [-0.2, 0) is 10.2 Å². The zero-order valence-corrected chi connectivity index (χ0v) is 32.9. The lowest BCUT2D eigenvalue weighted by molar-refractivity contribution is -0.120. The van der Waals surface area contributed by atoms with E-state index in [-0.39, 0.29) is 32.3 Å². The first-order valence-electron chi connectivity index (χ1n) is 20.2. The van der Waals surface area contributed by atoms with Gasteiger partial charge in [0.2, 0.25) is 0 Å². The number of aliphatic hydroxyl groups excluding tert-OH is 2. The Morgan fingerprint density at radius 2 is 0.767 bits per heavy atom. The van der Waals surface area contributed by atoms with Gasteiger partial charge in [0.25, 0.3) is 5.91 Å². The molecule has 6 nitrogen and oxygen atoms in total. The Morgan fingerprint density at radius 3 is 1.13 bits per heavy atom. The largest absolute Gasteiger partial charge is 0.490 e. The van der Waals surface area contributed by atoms with Gasteiger partial charge in [0.15, 0.2) is 0 Å². The first-order valence-corrected chi connectivity index (χ1v) is 20.2. The Hall–Kier alpha value is -7.25. The third-order valence-electron chi connectivity index (χ3n) is 11.1. The van der Waals surface area contributed by atoms with Crippen molar-refractivity contribution in [2.45, 2.75) is 5.41 Å². The van der Waals surface area contributed by atoms with Crippen molar-refractivity contribution in [2.75, 3.05) is 31.3 Å². The van der Waals surface area contributed by atoms with Gasteiger partial charge in [-0.3, -0.25) is 9.69 Å². The number of nitrogens with zero attached hydrogens (tertiary/aromatic N) is 1. The van der Waals surface area contributed by atoms with Gasteiger partial charge in [-0.2, -0.15) is 0 Å². The summed E-state index contributed by atoms with van der Waals surface area (Å²) < 4.78 is 13.0. The number of rotatable bonds is 13. The molecule has 0 saturated carbocycles. The van der Waals surface area contributed by atoms with E-state index in [0.717, 1.165) is 72.6 Å². The molecule has 0 saturated heterocycles. The fraction of sp³-hybridized carbons (Fsp3) is 0.0926.